The first-order valence-corrected chi connectivity index (χ1v) is 8.83. The molecule has 1 heterocycles. The lowest BCUT2D eigenvalue weighted by atomic mass is 9.95. The van der Waals surface area contributed by atoms with E-state index in [9.17, 15) is 9.59 Å². The Hall–Kier alpha value is -2.64. The second-order valence-electron chi connectivity index (χ2n) is 5.87. The van der Waals surface area contributed by atoms with Crippen LogP contribution in [0.4, 0.5) is 11.4 Å². The number of benzene rings is 2. The molecular weight excluding hydrogens is 398 g/mol. The average molecular weight is 416 g/mol. The Balaban J connectivity index is 1.84. The minimum Gasteiger partial charge on any atom is -0.395 e. The van der Waals surface area contributed by atoms with Crippen molar-refractivity contribution in [1.29, 1.82) is 0 Å². The number of amides is 2. The van der Waals surface area contributed by atoms with Crippen molar-refractivity contribution in [2.45, 2.75) is 0 Å². The molecule has 6 nitrogen and oxygen atoms in total. The van der Waals surface area contributed by atoms with Gasteiger partial charge in [0.05, 0.1) is 12.2 Å². The van der Waals surface area contributed by atoms with Crippen molar-refractivity contribution in [2.75, 3.05) is 30.4 Å². The fraction of sp³-hybridized carbons (Fsp3) is 0.158. The predicted molar refractivity (Wildman–Crippen MR) is 105 cm³/mol. The molecule has 0 saturated heterocycles. The molecule has 7 heteroatoms. The highest BCUT2D eigenvalue weighted by Gasteiger charge is 2.27. The van der Waals surface area contributed by atoms with Gasteiger partial charge in [0.2, 0.25) is 0 Å². The van der Waals surface area contributed by atoms with Crippen LogP contribution in [0, 0.1) is 0 Å². The normalized spacial score (nSPS) is 14.8. The van der Waals surface area contributed by atoms with Crippen molar-refractivity contribution in [2.24, 2.45) is 0 Å². The molecule has 0 fully saturated rings. The predicted octanol–water partition coefficient (Wildman–Crippen LogP) is 2.60. The molecule has 1 aliphatic rings. The summed E-state index contributed by atoms with van der Waals surface area (Å²) in [6, 6.07) is 12.8. The molecule has 0 atom stereocenters. The molecule has 0 unspecified atom stereocenters. The minimum atomic E-state index is -0.438. The zero-order valence-electron chi connectivity index (χ0n) is 14.1. The summed E-state index contributed by atoms with van der Waals surface area (Å²) < 4.78 is 0.793. The second kappa shape index (κ2) is 7.72. The summed E-state index contributed by atoms with van der Waals surface area (Å²) in [5.41, 5.74) is 3.22. The van der Waals surface area contributed by atoms with Crippen LogP contribution in [-0.4, -0.2) is 37.1 Å². The lowest BCUT2D eigenvalue weighted by Crippen LogP contribution is -2.36. The number of anilines is 2. The highest BCUT2D eigenvalue weighted by molar-refractivity contribution is 9.10. The summed E-state index contributed by atoms with van der Waals surface area (Å²) in [7, 11) is 1.90. The van der Waals surface area contributed by atoms with Crippen molar-refractivity contribution < 1.29 is 14.7 Å². The Morgan fingerprint density at radius 2 is 1.85 bits per heavy atom. The Morgan fingerprint density at radius 3 is 2.54 bits per heavy atom. The van der Waals surface area contributed by atoms with E-state index in [-0.39, 0.29) is 6.61 Å². The van der Waals surface area contributed by atoms with Crippen LogP contribution in [0.1, 0.15) is 15.9 Å². The van der Waals surface area contributed by atoms with Gasteiger partial charge in [-0.2, -0.15) is 0 Å². The molecule has 0 bridgehead atoms. The van der Waals surface area contributed by atoms with E-state index < -0.39 is 11.8 Å². The Bertz CT molecular complexity index is 878. The standard InChI is InChI=1S/C19H18BrN3O3/c1-23(8-9-24)14-5-3-13(4-6-14)21-11-17-16-10-12(20)2-7-15(16)18(25)22-19(17)26/h2-7,10-11,21,24H,8-9H2,1H3,(H,22,25,26)/b17-11-. The number of imide groups is 1. The Labute approximate surface area is 159 Å². The summed E-state index contributed by atoms with van der Waals surface area (Å²) in [5, 5.41) is 14.4. The topological polar surface area (TPSA) is 81.7 Å². The van der Waals surface area contributed by atoms with Gasteiger partial charge in [-0.1, -0.05) is 15.9 Å². The van der Waals surface area contributed by atoms with Crippen molar-refractivity contribution in [3.63, 3.8) is 0 Å². The number of aliphatic hydroxyl groups excluding tert-OH is 1. The molecule has 2 aromatic carbocycles. The summed E-state index contributed by atoms with van der Waals surface area (Å²) in [4.78, 5) is 26.1. The van der Waals surface area contributed by atoms with E-state index in [4.69, 9.17) is 5.11 Å². The Kier molecular flexibility index (Phi) is 5.39. The molecule has 0 saturated carbocycles. The maximum Gasteiger partial charge on any atom is 0.260 e. The van der Waals surface area contributed by atoms with E-state index in [0.717, 1.165) is 15.8 Å². The number of likely N-dealkylation sites (N-methyl/N-ethyl adjacent to an activating group) is 1. The van der Waals surface area contributed by atoms with Gasteiger partial charge >= 0.3 is 0 Å². The number of halogens is 1. The van der Waals surface area contributed by atoms with Crippen LogP contribution in [0.5, 0.6) is 0 Å². The van der Waals surface area contributed by atoms with E-state index in [1.165, 1.54) is 0 Å². The fourth-order valence-corrected chi connectivity index (χ4v) is 3.05. The molecular formula is C19H18BrN3O3. The zero-order valence-corrected chi connectivity index (χ0v) is 15.7. The number of nitrogens with zero attached hydrogens (tertiary/aromatic N) is 1. The Morgan fingerprint density at radius 1 is 1.12 bits per heavy atom. The summed E-state index contributed by atoms with van der Waals surface area (Å²) in [6.45, 7) is 0.641. The molecule has 2 aromatic rings. The summed E-state index contributed by atoms with van der Waals surface area (Å²) in [5.74, 6) is -0.835. The zero-order chi connectivity index (χ0) is 18.7. The van der Waals surface area contributed by atoms with E-state index in [1.54, 1.807) is 24.4 Å². The van der Waals surface area contributed by atoms with Crippen molar-refractivity contribution in [1.82, 2.24) is 5.32 Å². The van der Waals surface area contributed by atoms with Gasteiger partial charge in [0.1, 0.15) is 0 Å². The number of nitrogens with one attached hydrogen (secondary N) is 2. The van der Waals surface area contributed by atoms with Crippen LogP contribution in [0.3, 0.4) is 0 Å². The molecule has 134 valence electrons. The second-order valence-corrected chi connectivity index (χ2v) is 6.78. The maximum atomic E-state index is 12.2. The van der Waals surface area contributed by atoms with Gasteiger partial charge in [-0.15, -0.1) is 0 Å². The number of carbonyl (C=O) groups is 2. The number of rotatable bonds is 5. The first-order chi connectivity index (χ1) is 12.5. The van der Waals surface area contributed by atoms with Gasteiger partial charge in [-0.3, -0.25) is 14.9 Å². The van der Waals surface area contributed by atoms with E-state index in [2.05, 4.69) is 26.6 Å². The molecule has 3 rings (SSSR count). The van der Waals surface area contributed by atoms with Crippen LogP contribution in [0.15, 0.2) is 53.1 Å². The van der Waals surface area contributed by atoms with Gasteiger partial charge in [0.25, 0.3) is 11.8 Å². The maximum absolute atomic E-state index is 12.2. The van der Waals surface area contributed by atoms with E-state index in [1.807, 2.05) is 36.2 Å². The lowest BCUT2D eigenvalue weighted by Gasteiger charge is -2.19. The van der Waals surface area contributed by atoms with Crippen LogP contribution in [0.25, 0.3) is 5.57 Å². The largest absolute Gasteiger partial charge is 0.395 e. The lowest BCUT2D eigenvalue weighted by molar-refractivity contribution is -0.114. The molecule has 0 aromatic heterocycles. The van der Waals surface area contributed by atoms with Gasteiger partial charge in [-0.05, 0) is 42.5 Å². The van der Waals surface area contributed by atoms with Crippen molar-refractivity contribution in [3.05, 3.63) is 64.3 Å². The first-order valence-electron chi connectivity index (χ1n) is 8.04. The number of carbonyl (C=O) groups excluding carboxylic acids is 2. The molecule has 0 spiro atoms. The molecule has 1 aliphatic heterocycles. The van der Waals surface area contributed by atoms with Crippen LogP contribution >= 0.6 is 15.9 Å². The third-order valence-electron chi connectivity index (χ3n) is 4.11. The molecule has 2 amide bonds. The number of aliphatic hydroxyl groups is 1. The fourth-order valence-electron chi connectivity index (χ4n) is 2.69. The third-order valence-corrected chi connectivity index (χ3v) is 4.61. The van der Waals surface area contributed by atoms with Crippen molar-refractivity contribution >= 4 is 44.7 Å². The monoisotopic (exact) mass is 415 g/mol. The van der Waals surface area contributed by atoms with Gasteiger partial charge in [0.15, 0.2) is 0 Å². The summed E-state index contributed by atoms with van der Waals surface area (Å²) in [6.07, 6.45) is 1.60. The molecule has 0 aliphatic carbocycles. The number of fused-ring (bicyclic) bond motifs is 1. The third kappa shape index (κ3) is 3.79. The highest BCUT2D eigenvalue weighted by atomic mass is 79.9. The van der Waals surface area contributed by atoms with E-state index >= 15 is 0 Å². The van der Waals surface area contributed by atoms with Gasteiger partial charge in [0, 0.05) is 46.8 Å². The van der Waals surface area contributed by atoms with Crippen LogP contribution < -0.4 is 15.5 Å². The average Bonchev–Trinajstić information content (AvgIpc) is 2.62. The van der Waals surface area contributed by atoms with E-state index in [0.29, 0.717) is 23.2 Å². The van der Waals surface area contributed by atoms with Crippen LogP contribution in [-0.2, 0) is 4.79 Å². The van der Waals surface area contributed by atoms with Gasteiger partial charge in [-0.25, -0.2) is 0 Å². The first kappa shape index (κ1) is 18.2. The number of hydrogen-bond donors (Lipinski definition) is 3. The highest BCUT2D eigenvalue weighted by Crippen LogP contribution is 2.27. The molecule has 3 N–H and O–H groups in total. The van der Waals surface area contributed by atoms with Gasteiger partial charge < -0.3 is 15.3 Å². The molecule has 26 heavy (non-hydrogen) atoms. The number of hydrogen-bond acceptors (Lipinski definition) is 5. The molecule has 0 radical (unpaired) electrons. The SMILES string of the molecule is CN(CCO)c1ccc(N/C=C2\C(=O)NC(=O)c3ccc(Br)cc32)cc1. The van der Waals surface area contributed by atoms with Crippen LogP contribution in [0.2, 0.25) is 0 Å². The summed E-state index contributed by atoms with van der Waals surface area (Å²) >= 11 is 3.37. The van der Waals surface area contributed by atoms with Crippen molar-refractivity contribution in [3.8, 4) is 0 Å². The quantitative estimate of drug-likeness (QED) is 0.516. The minimum absolute atomic E-state index is 0.0887. The smallest absolute Gasteiger partial charge is 0.260 e.